The Bertz CT molecular complexity index is 937. The molecule has 1 aromatic heterocycles. The first-order chi connectivity index (χ1) is 13.2. The number of carbonyl (C=O) groups excluding carboxylic acids is 2. The molecule has 2 fully saturated rings. The van der Waals surface area contributed by atoms with Crippen LogP contribution < -0.4 is 0 Å². The lowest BCUT2D eigenvalue weighted by molar-refractivity contribution is -0.137. The molecule has 1 aromatic carbocycles. The van der Waals surface area contributed by atoms with Crippen molar-refractivity contribution in [2.24, 2.45) is 0 Å². The molecule has 2 amide bonds. The van der Waals surface area contributed by atoms with Crippen molar-refractivity contribution in [2.75, 3.05) is 19.6 Å². The fourth-order valence-electron chi connectivity index (χ4n) is 4.01. The molecule has 1 saturated carbocycles. The van der Waals surface area contributed by atoms with Crippen molar-refractivity contribution in [1.29, 1.82) is 0 Å². The maximum Gasteiger partial charge on any atom is 0.418 e. The number of hydrogen-bond donors (Lipinski definition) is 1. The van der Waals surface area contributed by atoms with Gasteiger partial charge < -0.3 is 14.8 Å². The topological polar surface area (TPSA) is 69.3 Å². The quantitative estimate of drug-likeness (QED) is 0.747. The number of hydrogen-bond acceptors (Lipinski definition) is 3. The molecular formula is C18H18BrF3N4O2. The summed E-state index contributed by atoms with van der Waals surface area (Å²) in [6.07, 6.45) is -0.419. The highest BCUT2D eigenvalue weighted by Crippen LogP contribution is 2.36. The molecule has 150 valence electrons. The molecular weight excluding hydrogens is 441 g/mol. The standard InChI is InChI=1S/C18H18BrF3N4O2/c19-10-7-12(18(20,21)22)15-13(8-10)23-16(24-15)17(28)25-5-6-26(14(27)9-25)11-3-1-2-4-11/h7-8,11H,1-6,9H2,(H,23,24). The second-order valence-electron chi connectivity index (χ2n) is 7.18. The fraction of sp³-hybridized carbons (Fsp3) is 0.500. The van der Waals surface area contributed by atoms with Gasteiger partial charge >= 0.3 is 6.18 Å². The normalized spacial score (nSPS) is 19.1. The number of benzene rings is 1. The van der Waals surface area contributed by atoms with Gasteiger partial charge in [-0.1, -0.05) is 28.8 Å². The van der Waals surface area contributed by atoms with Crippen LogP contribution in [0, 0.1) is 0 Å². The summed E-state index contributed by atoms with van der Waals surface area (Å²) in [6.45, 7) is 0.699. The lowest BCUT2D eigenvalue weighted by Gasteiger charge is -2.37. The molecule has 10 heteroatoms. The molecule has 2 heterocycles. The van der Waals surface area contributed by atoms with Crippen LogP contribution >= 0.6 is 15.9 Å². The van der Waals surface area contributed by atoms with Crippen molar-refractivity contribution < 1.29 is 22.8 Å². The third-order valence-electron chi connectivity index (χ3n) is 5.37. The number of aromatic nitrogens is 2. The minimum Gasteiger partial charge on any atom is -0.336 e. The van der Waals surface area contributed by atoms with Crippen LogP contribution in [-0.4, -0.2) is 57.3 Å². The molecule has 28 heavy (non-hydrogen) atoms. The van der Waals surface area contributed by atoms with Gasteiger partial charge in [0.1, 0.15) is 12.1 Å². The van der Waals surface area contributed by atoms with Gasteiger partial charge in [-0.25, -0.2) is 4.98 Å². The van der Waals surface area contributed by atoms with Gasteiger partial charge in [-0.3, -0.25) is 9.59 Å². The fourth-order valence-corrected chi connectivity index (χ4v) is 4.47. The summed E-state index contributed by atoms with van der Waals surface area (Å²) in [5.41, 5.74) is -1.12. The second-order valence-corrected chi connectivity index (χ2v) is 8.10. The molecule has 0 radical (unpaired) electrons. The average molecular weight is 459 g/mol. The van der Waals surface area contributed by atoms with Crippen LogP contribution in [0.2, 0.25) is 0 Å². The van der Waals surface area contributed by atoms with Crippen LogP contribution in [0.4, 0.5) is 13.2 Å². The van der Waals surface area contributed by atoms with E-state index in [1.54, 1.807) is 0 Å². The number of amides is 2. The number of imidazole rings is 1. The second kappa shape index (κ2) is 7.06. The Kier molecular flexibility index (Phi) is 4.84. The molecule has 0 bridgehead atoms. The van der Waals surface area contributed by atoms with E-state index in [0.717, 1.165) is 31.7 Å². The minimum absolute atomic E-state index is 0.0811. The highest BCUT2D eigenvalue weighted by atomic mass is 79.9. The van der Waals surface area contributed by atoms with Crippen molar-refractivity contribution in [3.8, 4) is 0 Å². The van der Waals surface area contributed by atoms with Gasteiger partial charge in [0.2, 0.25) is 5.91 Å². The van der Waals surface area contributed by atoms with Gasteiger partial charge in [0.15, 0.2) is 5.82 Å². The van der Waals surface area contributed by atoms with E-state index in [0.29, 0.717) is 13.1 Å². The van der Waals surface area contributed by atoms with Crippen LogP contribution in [0.3, 0.4) is 0 Å². The Morgan fingerprint density at radius 2 is 1.93 bits per heavy atom. The molecule has 2 aliphatic rings. The number of aromatic amines is 1. The highest BCUT2D eigenvalue weighted by molar-refractivity contribution is 9.10. The zero-order valence-corrected chi connectivity index (χ0v) is 16.4. The number of piperazine rings is 1. The van der Waals surface area contributed by atoms with Crippen molar-refractivity contribution in [1.82, 2.24) is 19.8 Å². The van der Waals surface area contributed by atoms with Gasteiger partial charge in [0.25, 0.3) is 5.91 Å². The van der Waals surface area contributed by atoms with E-state index in [4.69, 9.17) is 0 Å². The number of fused-ring (bicyclic) bond motifs is 1. The Balaban J connectivity index is 1.57. The van der Waals surface area contributed by atoms with Crippen LogP contribution in [0.1, 0.15) is 41.9 Å². The zero-order chi connectivity index (χ0) is 20.1. The maximum absolute atomic E-state index is 13.3. The first-order valence-corrected chi connectivity index (χ1v) is 9.88. The lowest BCUT2D eigenvalue weighted by Crippen LogP contribution is -2.55. The largest absolute Gasteiger partial charge is 0.418 e. The van der Waals surface area contributed by atoms with Gasteiger partial charge in [-0.05, 0) is 25.0 Å². The Hall–Kier alpha value is -2.10. The third kappa shape index (κ3) is 3.49. The van der Waals surface area contributed by atoms with Crippen molar-refractivity contribution >= 4 is 38.8 Å². The first-order valence-electron chi connectivity index (χ1n) is 9.09. The van der Waals surface area contributed by atoms with E-state index in [2.05, 4.69) is 25.9 Å². The summed E-state index contributed by atoms with van der Waals surface area (Å²) in [5.74, 6) is -0.887. The molecule has 6 nitrogen and oxygen atoms in total. The van der Waals surface area contributed by atoms with E-state index in [9.17, 15) is 22.8 Å². The predicted molar refractivity (Wildman–Crippen MR) is 98.7 cm³/mol. The average Bonchev–Trinajstić information content (AvgIpc) is 3.28. The third-order valence-corrected chi connectivity index (χ3v) is 5.83. The van der Waals surface area contributed by atoms with E-state index < -0.39 is 17.6 Å². The van der Waals surface area contributed by atoms with E-state index in [1.165, 1.54) is 11.0 Å². The Labute approximate surface area is 167 Å². The van der Waals surface area contributed by atoms with Gasteiger partial charge in [-0.2, -0.15) is 13.2 Å². The van der Waals surface area contributed by atoms with Crippen molar-refractivity contribution in [3.63, 3.8) is 0 Å². The summed E-state index contributed by atoms with van der Waals surface area (Å²) in [7, 11) is 0. The molecule has 1 N–H and O–H groups in total. The molecule has 1 aliphatic carbocycles. The van der Waals surface area contributed by atoms with Crippen LogP contribution in [-0.2, 0) is 11.0 Å². The molecule has 2 aromatic rings. The van der Waals surface area contributed by atoms with Gasteiger partial charge in [0, 0.05) is 23.6 Å². The Morgan fingerprint density at radius 3 is 2.57 bits per heavy atom. The minimum atomic E-state index is -4.60. The SMILES string of the molecule is O=C(c1nc2c(C(F)(F)F)cc(Br)cc2[nH]1)N1CCN(C2CCCC2)C(=O)C1. The summed E-state index contributed by atoms with van der Waals surface area (Å²) >= 11 is 3.05. The van der Waals surface area contributed by atoms with E-state index >= 15 is 0 Å². The summed E-state index contributed by atoms with van der Waals surface area (Å²) in [5, 5.41) is 0. The van der Waals surface area contributed by atoms with Crippen LogP contribution in [0.25, 0.3) is 11.0 Å². The molecule has 0 unspecified atom stereocenters. The molecule has 0 atom stereocenters. The maximum atomic E-state index is 13.3. The Morgan fingerprint density at radius 1 is 1.21 bits per heavy atom. The number of carbonyl (C=O) groups is 2. The van der Waals surface area contributed by atoms with E-state index in [-0.39, 0.29) is 39.8 Å². The summed E-state index contributed by atoms with van der Waals surface area (Å²) in [4.78, 5) is 35.0. The van der Waals surface area contributed by atoms with Gasteiger partial charge in [-0.15, -0.1) is 0 Å². The van der Waals surface area contributed by atoms with Gasteiger partial charge in [0.05, 0.1) is 11.1 Å². The van der Waals surface area contributed by atoms with E-state index in [1.807, 2.05) is 4.90 Å². The number of halogens is 4. The molecule has 1 saturated heterocycles. The monoisotopic (exact) mass is 458 g/mol. The van der Waals surface area contributed by atoms with Crippen molar-refractivity contribution in [2.45, 2.75) is 37.9 Å². The number of alkyl halides is 3. The molecule has 0 spiro atoms. The smallest absolute Gasteiger partial charge is 0.336 e. The van der Waals surface area contributed by atoms with Crippen LogP contribution in [0.15, 0.2) is 16.6 Å². The zero-order valence-electron chi connectivity index (χ0n) is 14.9. The first kappa shape index (κ1) is 19.2. The summed E-state index contributed by atoms with van der Waals surface area (Å²) < 4.78 is 40.1. The predicted octanol–water partition coefficient (Wildman–Crippen LogP) is 3.57. The summed E-state index contributed by atoms with van der Waals surface area (Å²) in [6, 6.07) is 2.61. The van der Waals surface area contributed by atoms with Crippen molar-refractivity contribution in [3.05, 3.63) is 28.0 Å². The number of nitrogens with zero attached hydrogens (tertiary/aromatic N) is 3. The molecule has 1 aliphatic heterocycles. The lowest BCUT2D eigenvalue weighted by atomic mass is 10.1. The molecule has 4 rings (SSSR count). The number of nitrogens with one attached hydrogen (secondary N) is 1. The van der Waals surface area contributed by atoms with Crippen LogP contribution in [0.5, 0.6) is 0 Å². The number of H-pyrrole nitrogens is 1. The number of rotatable bonds is 2. The highest BCUT2D eigenvalue weighted by Gasteiger charge is 2.36.